The van der Waals surface area contributed by atoms with Crippen LogP contribution >= 0.6 is 15.9 Å². The van der Waals surface area contributed by atoms with Gasteiger partial charge in [0.2, 0.25) is 5.91 Å². The molecule has 1 unspecified atom stereocenters. The van der Waals surface area contributed by atoms with Crippen LogP contribution in [0, 0.1) is 5.82 Å². The minimum atomic E-state index is -0.508. The molecule has 4 nitrogen and oxygen atoms in total. The molecule has 0 radical (unpaired) electrons. The summed E-state index contributed by atoms with van der Waals surface area (Å²) in [6.45, 7) is 0. The van der Waals surface area contributed by atoms with Crippen LogP contribution in [0.3, 0.4) is 0 Å². The van der Waals surface area contributed by atoms with E-state index in [1.165, 1.54) is 19.2 Å². The van der Waals surface area contributed by atoms with Gasteiger partial charge in [-0.05, 0) is 35.4 Å². The summed E-state index contributed by atoms with van der Waals surface area (Å²) in [7, 11) is 1.30. The van der Waals surface area contributed by atoms with Crippen LogP contribution in [0.25, 0.3) is 0 Å². The largest absolute Gasteiger partial charge is 0.469 e. The first-order chi connectivity index (χ1) is 11.5. The Hall–Kier alpha value is -2.21. The Balaban J connectivity index is 2.10. The number of ether oxygens (including phenoxy) is 1. The smallest absolute Gasteiger partial charge is 0.307 e. The molecule has 1 amide bonds. The molecule has 0 saturated carbocycles. The highest BCUT2D eigenvalue weighted by Gasteiger charge is 2.19. The number of nitrogens with one attached hydrogen (secondary N) is 1. The fourth-order valence-electron chi connectivity index (χ4n) is 2.27. The number of benzene rings is 2. The van der Waals surface area contributed by atoms with Crippen molar-refractivity contribution in [1.82, 2.24) is 5.32 Å². The molecule has 126 valence electrons. The standard InChI is InChI=1S/C18H17BrFNO3/c1-24-18(23)11-16(13-5-7-14(19)8-6-13)21-17(22)10-12-3-2-4-15(20)9-12/h2-9,16H,10-11H2,1H3,(H,21,22). The maximum Gasteiger partial charge on any atom is 0.307 e. The molecule has 0 saturated heterocycles. The molecule has 0 bridgehead atoms. The number of hydrogen-bond donors (Lipinski definition) is 1. The zero-order chi connectivity index (χ0) is 17.5. The quantitative estimate of drug-likeness (QED) is 0.763. The maximum absolute atomic E-state index is 13.2. The minimum absolute atomic E-state index is 0.0209. The van der Waals surface area contributed by atoms with Crippen LogP contribution in [-0.2, 0) is 20.7 Å². The lowest BCUT2D eigenvalue weighted by Gasteiger charge is -2.18. The lowest BCUT2D eigenvalue weighted by Crippen LogP contribution is -2.31. The molecule has 2 aromatic rings. The first kappa shape index (κ1) is 18.1. The number of amides is 1. The van der Waals surface area contributed by atoms with E-state index in [0.29, 0.717) is 5.56 Å². The van der Waals surface area contributed by atoms with Crippen LogP contribution in [0.1, 0.15) is 23.6 Å². The Morgan fingerprint density at radius 3 is 2.54 bits per heavy atom. The summed E-state index contributed by atoms with van der Waals surface area (Å²) in [6, 6.07) is 12.7. The molecule has 24 heavy (non-hydrogen) atoms. The molecule has 2 rings (SSSR count). The molecule has 1 atom stereocenters. The van der Waals surface area contributed by atoms with Crippen molar-refractivity contribution in [2.75, 3.05) is 7.11 Å². The van der Waals surface area contributed by atoms with Gasteiger partial charge < -0.3 is 10.1 Å². The Bertz CT molecular complexity index is 718. The number of hydrogen-bond acceptors (Lipinski definition) is 3. The van der Waals surface area contributed by atoms with Crippen molar-refractivity contribution < 1.29 is 18.7 Å². The predicted molar refractivity (Wildman–Crippen MR) is 91.8 cm³/mol. The second kappa shape index (κ2) is 8.59. The molecule has 0 spiro atoms. The predicted octanol–water partition coefficient (Wildman–Crippen LogP) is 3.55. The van der Waals surface area contributed by atoms with Gasteiger partial charge in [-0.25, -0.2) is 4.39 Å². The summed E-state index contributed by atoms with van der Waals surface area (Å²) in [6.07, 6.45) is 0.0545. The number of methoxy groups -OCH3 is 1. The minimum Gasteiger partial charge on any atom is -0.469 e. The number of halogens is 2. The summed E-state index contributed by atoms with van der Waals surface area (Å²) in [5.41, 5.74) is 1.36. The van der Waals surface area contributed by atoms with Gasteiger partial charge in [0, 0.05) is 4.47 Å². The molecule has 0 fully saturated rings. The van der Waals surface area contributed by atoms with E-state index >= 15 is 0 Å². The Morgan fingerprint density at radius 1 is 1.21 bits per heavy atom. The maximum atomic E-state index is 13.2. The van der Waals surface area contributed by atoms with Crippen LogP contribution in [0.4, 0.5) is 4.39 Å². The number of carbonyl (C=O) groups excluding carboxylic acids is 2. The van der Waals surface area contributed by atoms with E-state index in [-0.39, 0.29) is 24.6 Å². The van der Waals surface area contributed by atoms with Gasteiger partial charge in [0.25, 0.3) is 0 Å². The fraction of sp³-hybridized carbons (Fsp3) is 0.222. The number of carbonyl (C=O) groups is 2. The van der Waals surface area contributed by atoms with E-state index in [1.54, 1.807) is 12.1 Å². The van der Waals surface area contributed by atoms with Crippen LogP contribution in [0.2, 0.25) is 0 Å². The molecule has 0 aromatic heterocycles. The van der Waals surface area contributed by atoms with Crippen molar-refractivity contribution in [3.05, 3.63) is 69.9 Å². The summed E-state index contributed by atoms with van der Waals surface area (Å²) >= 11 is 3.35. The summed E-state index contributed by atoms with van der Waals surface area (Å²) < 4.78 is 18.8. The highest BCUT2D eigenvalue weighted by atomic mass is 79.9. The van der Waals surface area contributed by atoms with E-state index in [9.17, 15) is 14.0 Å². The third-order valence-corrected chi connectivity index (χ3v) is 3.99. The second-order valence-corrected chi connectivity index (χ2v) is 6.17. The highest BCUT2D eigenvalue weighted by molar-refractivity contribution is 9.10. The van der Waals surface area contributed by atoms with Crippen LogP contribution < -0.4 is 5.32 Å². The van der Waals surface area contributed by atoms with E-state index in [2.05, 4.69) is 21.2 Å². The lowest BCUT2D eigenvalue weighted by atomic mass is 10.0. The number of esters is 1. The van der Waals surface area contributed by atoms with Crippen molar-refractivity contribution >= 4 is 27.8 Å². The molecule has 0 aliphatic rings. The highest BCUT2D eigenvalue weighted by Crippen LogP contribution is 2.20. The SMILES string of the molecule is COC(=O)CC(NC(=O)Cc1cccc(F)c1)c1ccc(Br)cc1. The van der Waals surface area contributed by atoms with Crippen LogP contribution in [0.5, 0.6) is 0 Å². The lowest BCUT2D eigenvalue weighted by molar-refractivity contribution is -0.141. The van der Waals surface area contributed by atoms with Crippen LogP contribution in [0.15, 0.2) is 53.0 Å². The van der Waals surface area contributed by atoms with E-state index in [4.69, 9.17) is 4.74 Å². The molecule has 0 aliphatic heterocycles. The van der Waals surface area contributed by atoms with Gasteiger partial charge in [0.1, 0.15) is 5.82 Å². The zero-order valence-electron chi connectivity index (χ0n) is 13.1. The van der Waals surface area contributed by atoms with Crippen molar-refractivity contribution in [1.29, 1.82) is 0 Å². The normalized spacial score (nSPS) is 11.6. The zero-order valence-corrected chi connectivity index (χ0v) is 14.7. The molecule has 6 heteroatoms. The van der Waals surface area contributed by atoms with Gasteiger partial charge >= 0.3 is 5.97 Å². The van der Waals surface area contributed by atoms with Crippen molar-refractivity contribution in [2.45, 2.75) is 18.9 Å². The fourth-order valence-corrected chi connectivity index (χ4v) is 2.54. The third-order valence-electron chi connectivity index (χ3n) is 3.46. The third kappa shape index (κ3) is 5.45. The topological polar surface area (TPSA) is 55.4 Å². The molecule has 1 N–H and O–H groups in total. The Kier molecular flexibility index (Phi) is 6.49. The molecular weight excluding hydrogens is 377 g/mol. The van der Waals surface area contributed by atoms with E-state index in [0.717, 1.165) is 10.0 Å². The summed E-state index contributed by atoms with van der Waals surface area (Å²) in [5, 5.41) is 2.81. The van der Waals surface area contributed by atoms with E-state index in [1.807, 2.05) is 24.3 Å². The molecule has 0 heterocycles. The second-order valence-electron chi connectivity index (χ2n) is 5.26. The van der Waals surface area contributed by atoms with Crippen molar-refractivity contribution in [3.8, 4) is 0 Å². The van der Waals surface area contributed by atoms with Gasteiger partial charge in [-0.1, -0.05) is 40.2 Å². The average Bonchev–Trinajstić information content (AvgIpc) is 2.54. The first-order valence-corrected chi connectivity index (χ1v) is 8.13. The van der Waals surface area contributed by atoms with Gasteiger partial charge in [0.15, 0.2) is 0 Å². The molecule has 0 aliphatic carbocycles. The summed E-state index contributed by atoms with van der Waals surface area (Å²) in [4.78, 5) is 23.9. The number of rotatable bonds is 6. The molecular formula is C18H17BrFNO3. The monoisotopic (exact) mass is 393 g/mol. The van der Waals surface area contributed by atoms with Crippen LogP contribution in [-0.4, -0.2) is 19.0 Å². The van der Waals surface area contributed by atoms with Gasteiger partial charge in [-0.15, -0.1) is 0 Å². The van der Waals surface area contributed by atoms with E-state index < -0.39 is 12.0 Å². The van der Waals surface area contributed by atoms with Crippen molar-refractivity contribution in [2.24, 2.45) is 0 Å². The van der Waals surface area contributed by atoms with Crippen molar-refractivity contribution in [3.63, 3.8) is 0 Å². The van der Waals surface area contributed by atoms with Gasteiger partial charge in [0.05, 0.1) is 26.0 Å². The van der Waals surface area contributed by atoms with Gasteiger partial charge in [-0.2, -0.15) is 0 Å². The first-order valence-electron chi connectivity index (χ1n) is 7.34. The van der Waals surface area contributed by atoms with Gasteiger partial charge in [-0.3, -0.25) is 9.59 Å². The summed E-state index contributed by atoms with van der Waals surface area (Å²) in [5.74, 6) is -1.11. The molecule has 2 aromatic carbocycles. The Labute approximate surface area is 148 Å². The Morgan fingerprint density at radius 2 is 1.92 bits per heavy atom. The average molecular weight is 394 g/mol.